The van der Waals surface area contributed by atoms with E-state index in [0.29, 0.717) is 5.92 Å². The lowest BCUT2D eigenvalue weighted by Gasteiger charge is -2.19. The van der Waals surface area contributed by atoms with Crippen LogP contribution in [0.4, 0.5) is 0 Å². The Morgan fingerprint density at radius 3 is 2.41 bits per heavy atom. The van der Waals surface area contributed by atoms with E-state index in [-0.39, 0.29) is 5.41 Å². The van der Waals surface area contributed by atoms with E-state index in [2.05, 4.69) is 44.2 Å². The second kappa shape index (κ2) is 5.91. The number of nitrogens with zero attached hydrogens (tertiary/aromatic N) is 2. The molecule has 1 aromatic heterocycles. The van der Waals surface area contributed by atoms with Crippen LogP contribution in [0.15, 0.2) is 0 Å². The van der Waals surface area contributed by atoms with Crippen molar-refractivity contribution in [3.63, 3.8) is 0 Å². The zero-order chi connectivity index (χ0) is 13.1. The molecule has 0 aliphatic heterocycles. The van der Waals surface area contributed by atoms with Crippen molar-refractivity contribution in [3.05, 3.63) is 10.6 Å². The molecule has 0 spiro atoms. The van der Waals surface area contributed by atoms with Gasteiger partial charge >= 0.3 is 0 Å². The summed E-state index contributed by atoms with van der Waals surface area (Å²) in [4.78, 5) is 0.946. The lowest BCUT2D eigenvalue weighted by molar-refractivity contribution is 0.163. The molecule has 0 fully saturated rings. The fourth-order valence-electron chi connectivity index (χ4n) is 1.79. The molecule has 0 aromatic carbocycles. The number of rotatable bonds is 5. The van der Waals surface area contributed by atoms with Crippen LogP contribution in [0, 0.1) is 5.92 Å². The Labute approximate surface area is 108 Å². The van der Waals surface area contributed by atoms with Crippen LogP contribution in [0.25, 0.3) is 0 Å². The smallest absolute Gasteiger partial charge is 0.0917 e. The highest BCUT2D eigenvalue weighted by Crippen LogP contribution is 2.32. The molecular formula is C13H24N2OS. The maximum Gasteiger partial charge on any atom is 0.0917 e. The fourth-order valence-corrected chi connectivity index (χ4v) is 2.67. The Bertz CT molecular complexity index is 341. The van der Waals surface area contributed by atoms with Crippen molar-refractivity contribution in [2.24, 2.45) is 5.92 Å². The molecule has 0 bridgehead atoms. The summed E-state index contributed by atoms with van der Waals surface area (Å²) in [6, 6.07) is 0. The molecule has 0 aliphatic carbocycles. The summed E-state index contributed by atoms with van der Waals surface area (Å²) < 4.78 is 3.98. The number of hydrogen-bond donors (Lipinski definition) is 1. The molecule has 0 amide bonds. The summed E-state index contributed by atoms with van der Waals surface area (Å²) in [6.07, 6.45) is 2.63. The monoisotopic (exact) mass is 256 g/mol. The standard InChI is InChI=1S/C13H24N2OS/c1-9(2)7-6-8-10(16)11-12(13(3,4)5)14-15-17-11/h9-10,16H,6-8H2,1-5H3. The predicted octanol–water partition coefficient (Wildman–Crippen LogP) is 3.70. The first-order valence-corrected chi connectivity index (χ1v) is 7.10. The topological polar surface area (TPSA) is 46.0 Å². The van der Waals surface area contributed by atoms with E-state index in [9.17, 15) is 5.11 Å². The molecule has 0 aliphatic rings. The van der Waals surface area contributed by atoms with Crippen LogP contribution in [0.3, 0.4) is 0 Å². The Morgan fingerprint density at radius 1 is 1.24 bits per heavy atom. The number of hydrogen-bond acceptors (Lipinski definition) is 4. The normalized spacial score (nSPS) is 14.3. The van der Waals surface area contributed by atoms with Crippen LogP contribution >= 0.6 is 11.5 Å². The minimum Gasteiger partial charge on any atom is -0.387 e. The average molecular weight is 256 g/mol. The summed E-state index contributed by atoms with van der Waals surface area (Å²) in [5.74, 6) is 0.698. The number of aromatic nitrogens is 2. The highest BCUT2D eigenvalue weighted by atomic mass is 32.1. The van der Waals surface area contributed by atoms with E-state index in [0.717, 1.165) is 29.8 Å². The molecule has 17 heavy (non-hydrogen) atoms. The van der Waals surface area contributed by atoms with Gasteiger partial charge in [-0.15, -0.1) is 5.10 Å². The summed E-state index contributed by atoms with van der Waals surface area (Å²) in [5.41, 5.74) is 0.904. The molecule has 0 radical (unpaired) electrons. The van der Waals surface area contributed by atoms with Gasteiger partial charge in [0.05, 0.1) is 16.7 Å². The Morgan fingerprint density at radius 2 is 1.88 bits per heavy atom. The van der Waals surface area contributed by atoms with E-state index < -0.39 is 6.10 Å². The molecule has 0 saturated carbocycles. The van der Waals surface area contributed by atoms with Gasteiger partial charge in [-0.05, 0) is 23.9 Å². The zero-order valence-corrected chi connectivity index (χ0v) is 12.3. The van der Waals surface area contributed by atoms with Gasteiger partial charge in [-0.2, -0.15) is 0 Å². The molecule has 4 heteroatoms. The molecule has 98 valence electrons. The van der Waals surface area contributed by atoms with Gasteiger partial charge in [0.15, 0.2) is 0 Å². The molecule has 1 aromatic rings. The van der Waals surface area contributed by atoms with Crippen molar-refractivity contribution in [3.8, 4) is 0 Å². The Hall–Kier alpha value is -0.480. The molecule has 1 unspecified atom stereocenters. The zero-order valence-electron chi connectivity index (χ0n) is 11.5. The SMILES string of the molecule is CC(C)CCCC(O)c1snnc1C(C)(C)C. The van der Waals surface area contributed by atoms with E-state index in [1.807, 2.05) is 0 Å². The van der Waals surface area contributed by atoms with Crippen molar-refractivity contribution in [1.29, 1.82) is 0 Å². The molecule has 3 nitrogen and oxygen atoms in total. The van der Waals surface area contributed by atoms with Crippen LogP contribution in [0.5, 0.6) is 0 Å². The maximum absolute atomic E-state index is 10.2. The van der Waals surface area contributed by atoms with E-state index >= 15 is 0 Å². The quantitative estimate of drug-likeness (QED) is 0.874. The van der Waals surface area contributed by atoms with Crippen LogP contribution < -0.4 is 0 Å². The van der Waals surface area contributed by atoms with Crippen LogP contribution in [-0.4, -0.2) is 14.7 Å². The van der Waals surface area contributed by atoms with Crippen LogP contribution in [-0.2, 0) is 5.41 Å². The summed E-state index contributed by atoms with van der Waals surface area (Å²) >= 11 is 1.33. The minimum atomic E-state index is -0.400. The van der Waals surface area contributed by atoms with Crippen molar-refractivity contribution >= 4 is 11.5 Å². The third-order valence-corrected chi connectivity index (χ3v) is 3.61. The van der Waals surface area contributed by atoms with Gasteiger partial charge in [0.1, 0.15) is 0 Å². The van der Waals surface area contributed by atoms with Gasteiger partial charge < -0.3 is 5.11 Å². The van der Waals surface area contributed by atoms with Gasteiger partial charge in [0, 0.05) is 5.41 Å². The van der Waals surface area contributed by atoms with Crippen molar-refractivity contribution in [2.75, 3.05) is 0 Å². The van der Waals surface area contributed by atoms with Crippen LogP contribution in [0.2, 0.25) is 0 Å². The first-order chi connectivity index (χ1) is 7.82. The van der Waals surface area contributed by atoms with Crippen molar-refractivity contribution in [2.45, 2.75) is 65.4 Å². The lowest BCUT2D eigenvalue weighted by atomic mass is 9.89. The van der Waals surface area contributed by atoms with Gasteiger partial charge in [-0.25, -0.2) is 0 Å². The third kappa shape index (κ3) is 4.36. The fraction of sp³-hybridized carbons (Fsp3) is 0.846. The highest BCUT2D eigenvalue weighted by molar-refractivity contribution is 7.05. The van der Waals surface area contributed by atoms with Gasteiger partial charge in [-0.3, -0.25) is 0 Å². The van der Waals surface area contributed by atoms with Gasteiger partial charge in [0.2, 0.25) is 0 Å². The molecule has 0 saturated heterocycles. The minimum absolute atomic E-state index is 0.0403. The predicted molar refractivity (Wildman–Crippen MR) is 72.3 cm³/mol. The van der Waals surface area contributed by atoms with Crippen molar-refractivity contribution in [1.82, 2.24) is 9.59 Å². The largest absolute Gasteiger partial charge is 0.387 e. The molecule has 1 rings (SSSR count). The number of aliphatic hydroxyl groups excluding tert-OH is 1. The van der Waals surface area contributed by atoms with Crippen LogP contribution in [0.1, 0.15) is 70.6 Å². The van der Waals surface area contributed by atoms with E-state index in [1.54, 1.807) is 0 Å². The van der Waals surface area contributed by atoms with Gasteiger partial charge in [-0.1, -0.05) is 51.9 Å². The molecular weight excluding hydrogens is 232 g/mol. The first-order valence-electron chi connectivity index (χ1n) is 6.33. The first kappa shape index (κ1) is 14.6. The average Bonchev–Trinajstić information content (AvgIpc) is 2.64. The molecule has 1 N–H and O–H groups in total. The van der Waals surface area contributed by atoms with Gasteiger partial charge in [0.25, 0.3) is 0 Å². The summed E-state index contributed by atoms with van der Waals surface area (Å²) in [5, 5.41) is 14.4. The third-order valence-electron chi connectivity index (χ3n) is 2.79. The highest BCUT2D eigenvalue weighted by Gasteiger charge is 2.25. The number of aliphatic hydroxyl groups is 1. The maximum atomic E-state index is 10.2. The van der Waals surface area contributed by atoms with E-state index in [1.165, 1.54) is 11.5 Å². The second-order valence-corrected chi connectivity index (χ2v) is 6.86. The molecule has 1 heterocycles. The second-order valence-electron chi connectivity index (χ2n) is 6.08. The Balaban J connectivity index is 2.63. The molecule has 1 atom stereocenters. The summed E-state index contributed by atoms with van der Waals surface area (Å²) in [7, 11) is 0. The summed E-state index contributed by atoms with van der Waals surface area (Å²) in [6.45, 7) is 10.7. The van der Waals surface area contributed by atoms with E-state index in [4.69, 9.17) is 0 Å². The van der Waals surface area contributed by atoms with Crippen molar-refractivity contribution < 1.29 is 5.11 Å². The lowest BCUT2D eigenvalue weighted by Crippen LogP contribution is -2.15. The Kier molecular flexibility index (Phi) is 5.07.